The quantitative estimate of drug-likeness (QED) is 0.771. The van der Waals surface area contributed by atoms with Crippen molar-refractivity contribution in [2.75, 3.05) is 5.32 Å². The third-order valence-electron chi connectivity index (χ3n) is 2.89. The molecule has 1 atom stereocenters. The molecule has 0 aliphatic rings. The van der Waals surface area contributed by atoms with Gasteiger partial charge < -0.3 is 5.32 Å². The van der Waals surface area contributed by atoms with Gasteiger partial charge >= 0.3 is 0 Å². The van der Waals surface area contributed by atoms with Crippen LogP contribution < -0.4 is 5.32 Å². The topological polar surface area (TPSA) is 81.4 Å². The molecule has 0 bridgehead atoms. The number of anilines is 1. The molecule has 0 spiro atoms. The lowest BCUT2D eigenvalue weighted by Gasteiger charge is -2.15. The van der Waals surface area contributed by atoms with Gasteiger partial charge in [0.2, 0.25) is 0 Å². The fraction of sp³-hybridized carbons (Fsp3) is 0.308. The number of aromatic nitrogens is 6. The molecule has 0 radical (unpaired) electrons. The minimum Gasteiger partial charge on any atom is -0.365 e. The van der Waals surface area contributed by atoms with E-state index in [-0.39, 0.29) is 6.04 Å². The van der Waals surface area contributed by atoms with Gasteiger partial charge in [0.25, 0.3) is 0 Å². The summed E-state index contributed by atoms with van der Waals surface area (Å²) >= 11 is 0. The second kappa shape index (κ2) is 5.20. The van der Waals surface area contributed by atoms with E-state index in [0.717, 1.165) is 11.2 Å². The summed E-state index contributed by atoms with van der Waals surface area (Å²) in [6.45, 7) is 4.65. The lowest BCUT2D eigenvalue weighted by atomic mass is 10.2. The first-order chi connectivity index (χ1) is 9.72. The monoisotopic (exact) mass is 269 g/mol. The van der Waals surface area contributed by atoms with Crippen molar-refractivity contribution in [2.24, 2.45) is 0 Å². The van der Waals surface area contributed by atoms with Crippen molar-refractivity contribution in [1.29, 1.82) is 0 Å². The van der Waals surface area contributed by atoms with Crippen molar-refractivity contribution in [3.8, 4) is 0 Å². The van der Waals surface area contributed by atoms with Crippen molar-refractivity contribution in [3.63, 3.8) is 0 Å². The third kappa shape index (κ3) is 2.56. The van der Waals surface area contributed by atoms with E-state index in [2.05, 4.69) is 37.3 Å². The van der Waals surface area contributed by atoms with Crippen LogP contribution in [0.4, 0.5) is 5.82 Å². The minimum atomic E-state index is 0.161. The molecule has 1 unspecified atom stereocenters. The number of aryl methyl sites for hydroxylation is 1. The van der Waals surface area contributed by atoms with Crippen LogP contribution in [0.15, 0.2) is 31.0 Å². The number of hydrogen-bond acceptors (Lipinski definition) is 6. The molecule has 0 saturated carbocycles. The van der Waals surface area contributed by atoms with E-state index in [1.165, 1.54) is 6.33 Å². The zero-order valence-corrected chi connectivity index (χ0v) is 11.4. The fourth-order valence-corrected chi connectivity index (χ4v) is 2.07. The van der Waals surface area contributed by atoms with Gasteiger partial charge in [-0.1, -0.05) is 0 Å². The zero-order chi connectivity index (χ0) is 13.9. The van der Waals surface area contributed by atoms with Crippen LogP contribution in [0.1, 0.15) is 12.7 Å². The molecule has 7 heteroatoms. The highest BCUT2D eigenvalue weighted by Crippen LogP contribution is 2.18. The van der Waals surface area contributed by atoms with Crippen molar-refractivity contribution in [1.82, 2.24) is 29.7 Å². The van der Waals surface area contributed by atoms with Gasteiger partial charge in [0, 0.05) is 12.2 Å². The van der Waals surface area contributed by atoms with Gasteiger partial charge in [-0.3, -0.25) is 4.68 Å². The Hall–Kier alpha value is -2.57. The van der Waals surface area contributed by atoms with E-state index < -0.39 is 0 Å². The summed E-state index contributed by atoms with van der Waals surface area (Å²) in [6.07, 6.45) is 4.96. The molecule has 0 fully saturated rings. The summed E-state index contributed by atoms with van der Waals surface area (Å²) in [7, 11) is 0. The maximum atomic E-state index is 4.46. The SMILES string of the molecule is Cc1nc(NC(C)Cn2cncn2)c2cccnc2n1. The van der Waals surface area contributed by atoms with Gasteiger partial charge in [-0.2, -0.15) is 5.10 Å². The number of nitrogens with zero attached hydrogens (tertiary/aromatic N) is 6. The van der Waals surface area contributed by atoms with Crippen LogP contribution in [0.3, 0.4) is 0 Å². The van der Waals surface area contributed by atoms with Gasteiger partial charge in [-0.05, 0) is 26.0 Å². The second-order valence-corrected chi connectivity index (χ2v) is 4.66. The standard InChI is InChI=1S/C13H15N7/c1-9(6-20-8-14-7-16-20)17-13-11-4-3-5-15-12(11)18-10(2)19-13/h3-5,7-9H,6H2,1-2H3,(H,15,17,18,19). The normalized spacial score (nSPS) is 12.5. The molecule has 3 heterocycles. The molecule has 3 aromatic rings. The Morgan fingerprint density at radius 1 is 1.35 bits per heavy atom. The molecular weight excluding hydrogens is 254 g/mol. The molecule has 1 N–H and O–H groups in total. The number of nitrogens with one attached hydrogen (secondary N) is 1. The van der Waals surface area contributed by atoms with Gasteiger partial charge in [-0.15, -0.1) is 0 Å². The molecule has 3 aromatic heterocycles. The van der Waals surface area contributed by atoms with Crippen LogP contribution in [0.25, 0.3) is 11.0 Å². The maximum absolute atomic E-state index is 4.46. The summed E-state index contributed by atoms with van der Waals surface area (Å²) in [6, 6.07) is 4.01. The van der Waals surface area contributed by atoms with Crippen molar-refractivity contribution in [3.05, 3.63) is 36.8 Å². The summed E-state index contributed by atoms with van der Waals surface area (Å²) in [5.41, 5.74) is 0.704. The molecule has 0 aromatic carbocycles. The molecular formula is C13H15N7. The Labute approximate surface area is 116 Å². The van der Waals surface area contributed by atoms with E-state index in [0.29, 0.717) is 18.0 Å². The highest BCUT2D eigenvalue weighted by Gasteiger charge is 2.10. The molecule has 20 heavy (non-hydrogen) atoms. The Kier molecular flexibility index (Phi) is 3.24. The Bertz CT molecular complexity index is 708. The fourth-order valence-electron chi connectivity index (χ4n) is 2.07. The van der Waals surface area contributed by atoms with Crippen molar-refractivity contribution >= 4 is 16.9 Å². The van der Waals surface area contributed by atoms with Crippen LogP contribution in [-0.4, -0.2) is 35.8 Å². The van der Waals surface area contributed by atoms with E-state index in [4.69, 9.17) is 0 Å². The molecule has 0 aliphatic carbocycles. The van der Waals surface area contributed by atoms with E-state index >= 15 is 0 Å². The second-order valence-electron chi connectivity index (χ2n) is 4.66. The van der Waals surface area contributed by atoms with Crippen molar-refractivity contribution in [2.45, 2.75) is 26.4 Å². The van der Waals surface area contributed by atoms with E-state index in [1.807, 2.05) is 19.1 Å². The van der Waals surface area contributed by atoms with Gasteiger partial charge in [-0.25, -0.2) is 19.9 Å². The van der Waals surface area contributed by atoms with E-state index in [1.54, 1.807) is 17.2 Å². The first kappa shape index (κ1) is 12.5. The third-order valence-corrected chi connectivity index (χ3v) is 2.89. The number of pyridine rings is 1. The first-order valence-corrected chi connectivity index (χ1v) is 6.40. The van der Waals surface area contributed by atoms with Crippen LogP contribution in [-0.2, 0) is 6.54 Å². The highest BCUT2D eigenvalue weighted by atomic mass is 15.3. The van der Waals surface area contributed by atoms with Crippen LogP contribution in [0, 0.1) is 6.92 Å². The Morgan fingerprint density at radius 2 is 2.25 bits per heavy atom. The molecule has 102 valence electrons. The number of hydrogen-bond donors (Lipinski definition) is 1. The highest BCUT2D eigenvalue weighted by molar-refractivity contribution is 5.86. The zero-order valence-electron chi connectivity index (χ0n) is 11.4. The first-order valence-electron chi connectivity index (χ1n) is 6.40. The molecule has 3 rings (SSSR count). The molecule has 7 nitrogen and oxygen atoms in total. The summed E-state index contributed by atoms with van der Waals surface area (Å²) in [4.78, 5) is 17.0. The summed E-state index contributed by atoms with van der Waals surface area (Å²) < 4.78 is 1.78. The van der Waals surface area contributed by atoms with E-state index in [9.17, 15) is 0 Å². The largest absolute Gasteiger partial charge is 0.365 e. The minimum absolute atomic E-state index is 0.161. The lowest BCUT2D eigenvalue weighted by Crippen LogP contribution is -2.23. The predicted molar refractivity (Wildman–Crippen MR) is 75.2 cm³/mol. The van der Waals surface area contributed by atoms with Crippen molar-refractivity contribution < 1.29 is 0 Å². The molecule has 0 amide bonds. The molecule has 0 aliphatic heterocycles. The molecule has 0 saturated heterocycles. The number of rotatable bonds is 4. The average Bonchev–Trinajstić information content (AvgIpc) is 2.91. The Morgan fingerprint density at radius 3 is 3.05 bits per heavy atom. The smallest absolute Gasteiger partial charge is 0.164 e. The lowest BCUT2D eigenvalue weighted by molar-refractivity contribution is 0.558. The van der Waals surface area contributed by atoms with Crippen LogP contribution >= 0.6 is 0 Å². The number of fused-ring (bicyclic) bond motifs is 1. The summed E-state index contributed by atoms with van der Waals surface area (Å²) in [5.74, 6) is 1.50. The summed E-state index contributed by atoms with van der Waals surface area (Å²) in [5, 5.41) is 8.40. The maximum Gasteiger partial charge on any atom is 0.164 e. The van der Waals surface area contributed by atoms with Gasteiger partial charge in [0.05, 0.1) is 11.9 Å². The average molecular weight is 269 g/mol. The van der Waals surface area contributed by atoms with Gasteiger partial charge in [0.1, 0.15) is 24.3 Å². The van der Waals surface area contributed by atoms with Crippen LogP contribution in [0.5, 0.6) is 0 Å². The predicted octanol–water partition coefficient (Wildman–Crippen LogP) is 1.43. The van der Waals surface area contributed by atoms with Gasteiger partial charge in [0.15, 0.2) is 5.65 Å². The Balaban J connectivity index is 1.86. The van der Waals surface area contributed by atoms with Crippen LogP contribution in [0.2, 0.25) is 0 Å².